The Hall–Kier alpha value is -4.28. The molecule has 0 aliphatic carbocycles. The zero-order valence-corrected chi connectivity index (χ0v) is 17.8. The van der Waals surface area contributed by atoms with Gasteiger partial charge in [0.25, 0.3) is 11.8 Å². The fraction of sp³-hybridized carbons (Fsp3) is 0.273. The van der Waals surface area contributed by atoms with Gasteiger partial charge >= 0.3 is 0 Å². The van der Waals surface area contributed by atoms with Crippen molar-refractivity contribution in [3.63, 3.8) is 0 Å². The number of fused-ring (bicyclic) bond motifs is 2. The van der Waals surface area contributed by atoms with E-state index in [4.69, 9.17) is 14.0 Å². The summed E-state index contributed by atoms with van der Waals surface area (Å²) in [5.41, 5.74) is 3.29. The Balaban J connectivity index is 1.22. The van der Waals surface area contributed by atoms with Gasteiger partial charge in [0.15, 0.2) is 23.6 Å². The Bertz CT molecular complexity index is 1330. The third kappa shape index (κ3) is 3.04. The summed E-state index contributed by atoms with van der Waals surface area (Å²) in [4.78, 5) is 31.7. The lowest BCUT2D eigenvalue weighted by Crippen LogP contribution is -2.39. The SMILES string of the molecule is Cc1ccc(N2C(=O)[C@@H]3N=NN(Cc4nc(-c5ccc6c(c5)OCO6)no4)[C@H]3C2=O)cc1C. The highest BCUT2D eigenvalue weighted by atomic mass is 16.7. The molecule has 1 fully saturated rings. The number of rotatable bonds is 4. The maximum Gasteiger partial charge on any atom is 0.263 e. The van der Waals surface area contributed by atoms with Gasteiger partial charge in [-0.1, -0.05) is 16.4 Å². The molecule has 0 saturated carbocycles. The van der Waals surface area contributed by atoms with Crippen LogP contribution in [0.25, 0.3) is 11.4 Å². The van der Waals surface area contributed by atoms with Crippen LogP contribution in [-0.4, -0.2) is 45.8 Å². The molecule has 0 radical (unpaired) electrons. The molecule has 11 heteroatoms. The number of carbonyl (C=O) groups excluding carboxylic acids is 2. The van der Waals surface area contributed by atoms with Crippen molar-refractivity contribution in [2.24, 2.45) is 10.3 Å². The maximum atomic E-state index is 13.2. The second kappa shape index (κ2) is 7.12. The van der Waals surface area contributed by atoms with Gasteiger partial charge in [-0.2, -0.15) is 10.1 Å². The van der Waals surface area contributed by atoms with Gasteiger partial charge in [0, 0.05) is 5.56 Å². The van der Waals surface area contributed by atoms with E-state index in [1.807, 2.05) is 26.0 Å². The normalized spacial score (nSPS) is 20.8. The minimum atomic E-state index is -0.893. The van der Waals surface area contributed by atoms with E-state index in [2.05, 4.69) is 20.5 Å². The van der Waals surface area contributed by atoms with Gasteiger partial charge in [-0.05, 0) is 55.3 Å². The van der Waals surface area contributed by atoms with Gasteiger partial charge in [-0.15, -0.1) is 0 Å². The van der Waals surface area contributed by atoms with Gasteiger partial charge < -0.3 is 14.0 Å². The molecule has 1 saturated heterocycles. The number of nitrogens with zero attached hydrogens (tertiary/aromatic N) is 6. The molecule has 2 atom stereocenters. The topological polar surface area (TPSA) is 123 Å². The number of imide groups is 1. The zero-order valence-electron chi connectivity index (χ0n) is 17.8. The molecule has 4 heterocycles. The van der Waals surface area contributed by atoms with Crippen LogP contribution in [0, 0.1) is 13.8 Å². The van der Waals surface area contributed by atoms with Crippen LogP contribution < -0.4 is 14.4 Å². The lowest BCUT2D eigenvalue weighted by atomic mass is 10.1. The largest absolute Gasteiger partial charge is 0.454 e. The highest BCUT2D eigenvalue weighted by molar-refractivity contribution is 6.25. The predicted molar refractivity (Wildman–Crippen MR) is 112 cm³/mol. The van der Waals surface area contributed by atoms with Crippen LogP contribution in [0.15, 0.2) is 51.3 Å². The molecule has 3 aromatic rings. The van der Waals surface area contributed by atoms with E-state index in [0.717, 1.165) is 11.1 Å². The average Bonchev–Trinajstić information content (AvgIpc) is 3.57. The van der Waals surface area contributed by atoms with Gasteiger partial charge in [-0.3, -0.25) is 14.6 Å². The first-order valence-corrected chi connectivity index (χ1v) is 10.3. The van der Waals surface area contributed by atoms with Crippen LogP contribution in [0.4, 0.5) is 5.69 Å². The molecule has 0 N–H and O–H groups in total. The van der Waals surface area contributed by atoms with E-state index >= 15 is 0 Å². The molecular weight excluding hydrogens is 428 g/mol. The van der Waals surface area contributed by atoms with Crippen LogP contribution in [0.2, 0.25) is 0 Å². The lowest BCUT2D eigenvalue weighted by molar-refractivity contribution is -0.123. The van der Waals surface area contributed by atoms with E-state index in [1.54, 1.807) is 24.3 Å². The number of hydrogen-bond donors (Lipinski definition) is 0. The molecule has 0 spiro atoms. The molecule has 1 aromatic heterocycles. The molecule has 3 aliphatic heterocycles. The number of aryl methyl sites for hydroxylation is 2. The highest BCUT2D eigenvalue weighted by Gasteiger charge is 2.55. The molecule has 3 aliphatic rings. The second-order valence-corrected chi connectivity index (χ2v) is 8.05. The highest BCUT2D eigenvalue weighted by Crippen LogP contribution is 2.36. The van der Waals surface area contributed by atoms with Gasteiger partial charge in [0.05, 0.1) is 5.69 Å². The first kappa shape index (κ1) is 19.4. The summed E-state index contributed by atoms with van der Waals surface area (Å²) in [5.74, 6) is 1.09. The maximum absolute atomic E-state index is 13.2. The number of aromatic nitrogens is 2. The monoisotopic (exact) mass is 446 g/mol. The van der Waals surface area contributed by atoms with Crippen molar-refractivity contribution >= 4 is 17.5 Å². The van der Waals surface area contributed by atoms with Crippen LogP contribution in [0.3, 0.4) is 0 Å². The minimum absolute atomic E-state index is 0.0437. The predicted octanol–water partition coefficient (Wildman–Crippen LogP) is 2.58. The summed E-state index contributed by atoms with van der Waals surface area (Å²) < 4.78 is 16.1. The van der Waals surface area contributed by atoms with E-state index in [0.29, 0.717) is 28.6 Å². The van der Waals surface area contributed by atoms with Crippen molar-refractivity contribution in [2.75, 3.05) is 11.7 Å². The first-order chi connectivity index (χ1) is 16.0. The summed E-state index contributed by atoms with van der Waals surface area (Å²) in [6.45, 7) is 4.12. The Labute approximate surface area is 187 Å². The van der Waals surface area contributed by atoms with Crippen molar-refractivity contribution in [3.05, 3.63) is 53.4 Å². The summed E-state index contributed by atoms with van der Waals surface area (Å²) >= 11 is 0. The van der Waals surface area contributed by atoms with Crippen LogP contribution in [-0.2, 0) is 16.1 Å². The molecule has 33 heavy (non-hydrogen) atoms. The Morgan fingerprint density at radius 1 is 1.00 bits per heavy atom. The molecule has 6 rings (SSSR count). The molecule has 2 amide bonds. The van der Waals surface area contributed by atoms with Gasteiger partial charge in [-0.25, -0.2) is 4.90 Å². The van der Waals surface area contributed by atoms with Crippen LogP contribution in [0.5, 0.6) is 11.5 Å². The number of amides is 2. The number of benzene rings is 2. The molecule has 0 unspecified atom stereocenters. The van der Waals surface area contributed by atoms with Crippen molar-refractivity contribution in [1.82, 2.24) is 15.1 Å². The average molecular weight is 446 g/mol. The van der Waals surface area contributed by atoms with E-state index < -0.39 is 18.0 Å². The quantitative estimate of drug-likeness (QED) is 0.561. The molecule has 0 bridgehead atoms. The second-order valence-electron chi connectivity index (χ2n) is 8.05. The van der Waals surface area contributed by atoms with Crippen LogP contribution in [0.1, 0.15) is 17.0 Å². The number of hydrogen-bond acceptors (Lipinski definition) is 10. The van der Waals surface area contributed by atoms with E-state index in [1.165, 1.54) is 9.91 Å². The van der Waals surface area contributed by atoms with E-state index in [-0.39, 0.29) is 25.1 Å². The fourth-order valence-electron chi connectivity index (χ4n) is 4.08. The number of ether oxygens (including phenoxy) is 2. The third-order valence-electron chi connectivity index (χ3n) is 6.00. The molecular formula is C22H18N6O5. The molecule has 2 aromatic carbocycles. The van der Waals surface area contributed by atoms with Gasteiger partial charge in [0.1, 0.15) is 6.54 Å². The van der Waals surface area contributed by atoms with Gasteiger partial charge in [0.2, 0.25) is 18.5 Å². The Kier molecular flexibility index (Phi) is 4.19. The van der Waals surface area contributed by atoms with Crippen LogP contribution >= 0.6 is 0 Å². The van der Waals surface area contributed by atoms with Crippen molar-refractivity contribution in [3.8, 4) is 22.9 Å². The Morgan fingerprint density at radius 3 is 2.70 bits per heavy atom. The standard InChI is InChI=1S/C22H18N6O5/c1-11-3-5-14(7-12(11)2)28-21(29)18-19(22(28)30)27(26-24-18)9-17-23-20(25-33-17)13-4-6-15-16(8-13)32-10-31-15/h3-8,18-19H,9-10H2,1-2H3/t18-,19-/m1/s1. The Morgan fingerprint density at radius 2 is 1.85 bits per heavy atom. The lowest BCUT2D eigenvalue weighted by Gasteiger charge is -2.19. The number of carbonyl (C=O) groups is 2. The van der Waals surface area contributed by atoms with E-state index in [9.17, 15) is 9.59 Å². The smallest absolute Gasteiger partial charge is 0.263 e. The van der Waals surface area contributed by atoms with Crippen molar-refractivity contribution in [1.29, 1.82) is 0 Å². The first-order valence-electron chi connectivity index (χ1n) is 10.3. The minimum Gasteiger partial charge on any atom is -0.454 e. The summed E-state index contributed by atoms with van der Waals surface area (Å²) in [7, 11) is 0. The summed E-state index contributed by atoms with van der Waals surface area (Å²) in [6, 6.07) is 9.07. The molecule has 11 nitrogen and oxygen atoms in total. The summed E-state index contributed by atoms with van der Waals surface area (Å²) in [5, 5.41) is 13.5. The van der Waals surface area contributed by atoms with Crippen molar-refractivity contribution < 1.29 is 23.6 Å². The molecule has 166 valence electrons. The third-order valence-corrected chi connectivity index (χ3v) is 6.00. The zero-order chi connectivity index (χ0) is 22.7. The fourth-order valence-corrected chi connectivity index (χ4v) is 4.08. The number of anilines is 1. The van der Waals surface area contributed by atoms with Crippen molar-refractivity contribution in [2.45, 2.75) is 32.5 Å². The summed E-state index contributed by atoms with van der Waals surface area (Å²) in [6.07, 6.45) is 0.